The van der Waals surface area contributed by atoms with Crippen LogP contribution in [0.4, 0.5) is 0 Å². The van der Waals surface area contributed by atoms with Crippen molar-refractivity contribution in [2.24, 2.45) is 0 Å². The molecule has 1 aliphatic heterocycles. The third-order valence-corrected chi connectivity index (χ3v) is 5.35. The number of ether oxygens (including phenoxy) is 2. The first-order chi connectivity index (χ1) is 14.0. The summed E-state index contributed by atoms with van der Waals surface area (Å²) < 4.78 is 11.2. The van der Waals surface area contributed by atoms with Crippen LogP contribution in [0.3, 0.4) is 0 Å². The highest BCUT2D eigenvalue weighted by Crippen LogP contribution is 2.22. The molecule has 6 heteroatoms. The molecule has 2 heterocycles. The molecule has 0 atom stereocenters. The number of aromatic nitrogens is 1. The first-order valence-corrected chi connectivity index (χ1v) is 10.3. The summed E-state index contributed by atoms with van der Waals surface area (Å²) in [7, 11) is 1.77. The number of methoxy groups -OCH3 is 1. The van der Waals surface area contributed by atoms with Gasteiger partial charge in [0.25, 0.3) is 5.91 Å². The van der Waals surface area contributed by atoms with Gasteiger partial charge in [0, 0.05) is 45.6 Å². The van der Waals surface area contributed by atoms with Crippen LogP contribution in [0.1, 0.15) is 48.5 Å². The van der Waals surface area contributed by atoms with Gasteiger partial charge in [0.15, 0.2) is 0 Å². The number of piperidine rings is 1. The first kappa shape index (κ1) is 21.3. The predicted molar refractivity (Wildman–Crippen MR) is 114 cm³/mol. The lowest BCUT2D eigenvalue weighted by Gasteiger charge is -2.31. The van der Waals surface area contributed by atoms with Crippen molar-refractivity contribution in [1.82, 2.24) is 15.2 Å². The molecular weight excluding hydrogens is 366 g/mol. The van der Waals surface area contributed by atoms with Crippen molar-refractivity contribution < 1.29 is 14.3 Å². The molecule has 1 fully saturated rings. The minimum absolute atomic E-state index is 0.114. The van der Waals surface area contributed by atoms with Crippen molar-refractivity contribution in [3.63, 3.8) is 0 Å². The van der Waals surface area contributed by atoms with Crippen LogP contribution >= 0.6 is 0 Å². The summed E-state index contributed by atoms with van der Waals surface area (Å²) in [5.74, 6) is 1.57. The number of nitrogens with zero attached hydrogens (tertiary/aromatic N) is 2. The normalized spacial score (nSPS) is 15.4. The van der Waals surface area contributed by atoms with E-state index in [0.29, 0.717) is 30.0 Å². The maximum Gasteiger partial charge on any atom is 0.252 e. The molecule has 6 nitrogen and oxygen atoms in total. The Morgan fingerprint density at radius 3 is 2.48 bits per heavy atom. The van der Waals surface area contributed by atoms with Crippen LogP contribution in [-0.2, 0) is 4.74 Å². The molecule has 1 aliphatic rings. The van der Waals surface area contributed by atoms with Gasteiger partial charge in [-0.15, -0.1) is 0 Å². The molecule has 0 aliphatic carbocycles. The molecule has 0 unspecified atom stereocenters. The molecular formula is C23H31N3O3. The van der Waals surface area contributed by atoms with Gasteiger partial charge in [-0.2, -0.15) is 0 Å². The molecule has 1 aromatic carbocycles. The summed E-state index contributed by atoms with van der Waals surface area (Å²) in [5.41, 5.74) is 1.80. The largest absolute Gasteiger partial charge is 0.439 e. The zero-order valence-corrected chi connectivity index (χ0v) is 17.6. The summed E-state index contributed by atoms with van der Waals surface area (Å²) in [5, 5.41) is 2.96. The van der Waals surface area contributed by atoms with Gasteiger partial charge in [-0.3, -0.25) is 4.79 Å². The number of rotatable bonds is 8. The zero-order valence-electron chi connectivity index (χ0n) is 17.6. The Bertz CT molecular complexity index is 767. The van der Waals surface area contributed by atoms with E-state index in [1.54, 1.807) is 25.4 Å². The van der Waals surface area contributed by atoms with E-state index >= 15 is 0 Å². The lowest BCUT2D eigenvalue weighted by Crippen LogP contribution is -2.41. The number of amides is 1. The van der Waals surface area contributed by atoms with Crippen molar-refractivity contribution in [3.8, 4) is 11.6 Å². The monoisotopic (exact) mass is 397 g/mol. The van der Waals surface area contributed by atoms with E-state index < -0.39 is 0 Å². The van der Waals surface area contributed by atoms with Gasteiger partial charge < -0.3 is 19.7 Å². The van der Waals surface area contributed by atoms with E-state index in [0.717, 1.165) is 38.2 Å². The van der Waals surface area contributed by atoms with Gasteiger partial charge in [0.1, 0.15) is 5.75 Å². The topological polar surface area (TPSA) is 63.7 Å². The number of hydrogen-bond donors (Lipinski definition) is 1. The fraction of sp³-hybridized carbons (Fsp3) is 0.478. The van der Waals surface area contributed by atoms with Crippen LogP contribution < -0.4 is 10.1 Å². The third kappa shape index (κ3) is 6.27. The second-order valence-corrected chi connectivity index (χ2v) is 7.74. The Balaban J connectivity index is 1.43. The molecule has 1 saturated heterocycles. The second-order valence-electron chi connectivity index (χ2n) is 7.74. The summed E-state index contributed by atoms with van der Waals surface area (Å²) >= 11 is 0. The molecule has 1 aromatic heterocycles. The van der Waals surface area contributed by atoms with Crippen LogP contribution in [0, 0.1) is 0 Å². The molecule has 0 spiro atoms. The van der Waals surface area contributed by atoms with Crippen LogP contribution in [0.5, 0.6) is 11.6 Å². The number of hydrogen-bond acceptors (Lipinski definition) is 5. The Morgan fingerprint density at radius 2 is 1.90 bits per heavy atom. The standard InChI is InChI=1S/C23H31N3O3/c1-17(2)18-4-7-21(8-5-18)29-22-9-6-19(16-25-22)23(27)24-12-15-26-13-10-20(28-3)11-14-26/h4-9,16-17,20H,10-15H2,1-3H3,(H,24,27). The van der Waals surface area contributed by atoms with E-state index in [1.807, 2.05) is 12.1 Å². The van der Waals surface area contributed by atoms with Gasteiger partial charge >= 0.3 is 0 Å². The van der Waals surface area contributed by atoms with E-state index in [2.05, 4.69) is 41.2 Å². The number of likely N-dealkylation sites (tertiary alicyclic amines) is 1. The quantitative estimate of drug-likeness (QED) is 0.733. The third-order valence-electron chi connectivity index (χ3n) is 5.35. The summed E-state index contributed by atoms with van der Waals surface area (Å²) in [6, 6.07) is 11.4. The Morgan fingerprint density at radius 1 is 1.17 bits per heavy atom. The summed E-state index contributed by atoms with van der Waals surface area (Å²) in [6.45, 7) is 7.81. The SMILES string of the molecule is COC1CCN(CCNC(=O)c2ccc(Oc3ccc(C(C)C)cc3)nc2)CC1. The first-order valence-electron chi connectivity index (χ1n) is 10.3. The molecule has 2 aromatic rings. The maximum atomic E-state index is 12.3. The van der Waals surface area contributed by atoms with Crippen LogP contribution in [0.2, 0.25) is 0 Å². The average molecular weight is 398 g/mol. The second kappa shape index (κ2) is 10.4. The van der Waals surface area contributed by atoms with Crippen molar-refractivity contribution in [3.05, 3.63) is 53.7 Å². The smallest absolute Gasteiger partial charge is 0.252 e. The Labute approximate surface area is 173 Å². The van der Waals surface area contributed by atoms with E-state index in [1.165, 1.54) is 5.56 Å². The molecule has 0 saturated carbocycles. The van der Waals surface area contributed by atoms with Crippen molar-refractivity contribution in [1.29, 1.82) is 0 Å². The van der Waals surface area contributed by atoms with Crippen molar-refractivity contribution in [2.45, 2.75) is 38.7 Å². The number of carbonyl (C=O) groups is 1. The number of pyridine rings is 1. The van der Waals surface area contributed by atoms with E-state index in [4.69, 9.17) is 9.47 Å². The van der Waals surface area contributed by atoms with Crippen LogP contribution in [-0.4, -0.2) is 55.2 Å². The van der Waals surface area contributed by atoms with E-state index in [-0.39, 0.29) is 5.91 Å². The van der Waals surface area contributed by atoms with Gasteiger partial charge in [0.05, 0.1) is 11.7 Å². The summed E-state index contributed by atoms with van der Waals surface area (Å²) in [4.78, 5) is 18.9. The minimum Gasteiger partial charge on any atom is -0.439 e. The highest BCUT2D eigenvalue weighted by Gasteiger charge is 2.18. The van der Waals surface area contributed by atoms with Crippen LogP contribution in [0.15, 0.2) is 42.6 Å². The van der Waals surface area contributed by atoms with Crippen molar-refractivity contribution in [2.75, 3.05) is 33.3 Å². The highest BCUT2D eigenvalue weighted by atomic mass is 16.5. The van der Waals surface area contributed by atoms with Crippen LogP contribution in [0.25, 0.3) is 0 Å². The number of benzene rings is 1. The molecule has 0 radical (unpaired) electrons. The minimum atomic E-state index is -0.114. The lowest BCUT2D eigenvalue weighted by atomic mass is 10.0. The molecule has 1 amide bonds. The fourth-order valence-electron chi connectivity index (χ4n) is 3.41. The molecule has 3 rings (SSSR count). The highest BCUT2D eigenvalue weighted by molar-refractivity contribution is 5.93. The van der Waals surface area contributed by atoms with Gasteiger partial charge in [-0.05, 0) is 42.5 Å². The maximum absolute atomic E-state index is 12.3. The number of carbonyl (C=O) groups excluding carboxylic acids is 1. The summed E-state index contributed by atoms with van der Waals surface area (Å²) in [6.07, 6.45) is 4.03. The molecule has 156 valence electrons. The van der Waals surface area contributed by atoms with Crippen molar-refractivity contribution >= 4 is 5.91 Å². The average Bonchev–Trinajstić information content (AvgIpc) is 2.75. The molecule has 1 N–H and O–H groups in total. The molecule has 0 bridgehead atoms. The van der Waals surface area contributed by atoms with E-state index in [9.17, 15) is 4.79 Å². The lowest BCUT2D eigenvalue weighted by molar-refractivity contribution is 0.0413. The molecule has 29 heavy (non-hydrogen) atoms. The Kier molecular flexibility index (Phi) is 7.61. The van der Waals surface area contributed by atoms with Gasteiger partial charge in [-0.1, -0.05) is 26.0 Å². The fourth-order valence-corrected chi connectivity index (χ4v) is 3.41. The van der Waals surface area contributed by atoms with Gasteiger partial charge in [-0.25, -0.2) is 4.98 Å². The predicted octanol–water partition coefficient (Wildman–Crippen LogP) is 3.84. The number of nitrogens with one attached hydrogen (secondary N) is 1. The van der Waals surface area contributed by atoms with Gasteiger partial charge in [0.2, 0.25) is 5.88 Å². The Hall–Kier alpha value is -2.44. The zero-order chi connectivity index (χ0) is 20.6.